The number of nitrogens with one attached hydrogen (secondary N) is 1. The van der Waals surface area contributed by atoms with Crippen molar-refractivity contribution in [3.05, 3.63) is 53.9 Å². The van der Waals surface area contributed by atoms with E-state index in [-0.39, 0.29) is 48.8 Å². The minimum Gasteiger partial charge on any atom is -0.491 e. The molecule has 0 unspecified atom stereocenters. The van der Waals surface area contributed by atoms with Gasteiger partial charge in [0.2, 0.25) is 11.8 Å². The number of carbonyl (C=O) groups is 3. The lowest BCUT2D eigenvalue weighted by atomic mass is 10.0. The fraction of sp³-hybridized carbons (Fsp3) is 0.481. The van der Waals surface area contributed by atoms with Crippen molar-refractivity contribution in [2.45, 2.75) is 45.8 Å². The van der Waals surface area contributed by atoms with Crippen molar-refractivity contribution in [3.8, 4) is 5.75 Å². The van der Waals surface area contributed by atoms with Crippen LogP contribution in [0.15, 0.2) is 42.6 Å². The van der Waals surface area contributed by atoms with Gasteiger partial charge in [-0.3, -0.25) is 19.4 Å². The molecule has 1 N–H and O–H groups in total. The Kier molecular flexibility index (Phi) is 9.41. The van der Waals surface area contributed by atoms with Crippen molar-refractivity contribution < 1.29 is 23.9 Å². The van der Waals surface area contributed by atoms with E-state index in [9.17, 15) is 14.4 Å². The molecule has 0 aliphatic carbocycles. The molecule has 194 valence electrons. The second-order valence-corrected chi connectivity index (χ2v) is 9.25. The van der Waals surface area contributed by atoms with Gasteiger partial charge < -0.3 is 24.6 Å². The van der Waals surface area contributed by atoms with Crippen LogP contribution in [-0.4, -0.2) is 78.5 Å². The second-order valence-electron chi connectivity index (χ2n) is 9.25. The lowest BCUT2D eigenvalue weighted by Crippen LogP contribution is -2.49. The molecule has 0 saturated heterocycles. The number of hydrogen-bond acceptors (Lipinski definition) is 6. The van der Waals surface area contributed by atoms with Gasteiger partial charge in [0, 0.05) is 57.2 Å². The van der Waals surface area contributed by atoms with Gasteiger partial charge in [-0.1, -0.05) is 19.9 Å². The minimum atomic E-state index is -0.289. The lowest BCUT2D eigenvalue weighted by Gasteiger charge is -2.36. The highest BCUT2D eigenvalue weighted by Crippen LogP contribution is 2.26. The number of carbonyl (C=O) groups excluding carboxylic acids is 3. The number of likely N-dealkylation sites (N-methyl/N-ethyl adjacent to an activating group) is 1. The predicted molar refractivity (Wildman–Crippen MR) is 137 cm³/mol. The van der Waals surface area contributed by atoms with Gasteiger partial charge in [-0.05, 0) is 37.3 Å². The molecule has 9 heteroatoms. The van der Waals surface area contributed by atoms with Crippen LogP contribution in [0.1, 0.15) is 43.2 Å². The summed E-state index contributed by atoms with van der Waals surface area (Å²) < 4.78 is 11.8. The third-order valence-corrected chi connectivity index (χ3v) is 6.43. The Labute approximate surface area is 212 Å². The molecule has 1 aromatic carbocycles. The highest BCUT2D eigenvalue weighted by Gasteiger charge is 2.30. The van der Waals surface area contributed by atoms with Crippen LogP contribution in [0, 0.1) is 5.92 Å². The van der Waals surface area contributed by atoms with Gasteiger partial charge in [-0.25, -0.2) is 0 Å². The van der Waals surface area contributed by atoms with E-state index in [1.54, 1.807) is 50.4 Å². The molecule has 0 bridgehead atoms. The van der Waals surface area contributed by atoms with Crippen LogP contribution >= 0.6 is 0 Å². The summed E-state index contributed by atoms with van der Waals surface area (Å²) in [6.45, 7) is 6.69. The first-order valence-electron chi connectivity index (χ1n) is 12.3. The normalized spacial score (nSPS) is 21.0. The first-order chi connectivity index (χ1) is 17.2. The smallest absolute Gasteiger partial charge is 0.257 e. The summed E-state index contributed by atoms with van der Waals surface area (Å²) in [6.07, 6.45) is 1.90. The van der Waals surface area contributed by atoms with Crippen LogP contribution in [0.2, 0.25) is 0 Å². The van der Waals surface area contributed by atoms with Crippen LogP contribution in [0.3, 0.4) is 0 Å². The molecule has 0 saturated carbocycles. The van der Waals surface area contributed by atoms with Gasteiger partial charge in [0.15, 0.2) is 0 Å². The Morgan fingerprint density at radius 2 is 1.97 bits per heavy atom. The van der Waals surface area contributed by atoms with Crippen LogP contribution in [0.5, 0.6) is 5.75 Å². The Morgan fingerprint density at radius 1 is 1.19 bits per heavy atom. The maximum absolute atomic E-state index is 13.4. The second kappa shape index (κ2) is 12.5. The van der Waals surface area contributed by atoms with Crippen molar-refractivity contribution in [1.82, 2.24) is 14.8 Å². The van der Waals surface area contributed by atoms with Crippen molar-refractivity contribution >= 4 is 23.4 Å². The lowest BCUT2D eigenvalue weighted by molar-refractivity contribution is -0.134. The molecule has 2 heterocycles. The zero-order chi connectivity index (χ0) is 26.2. The van der Waals surface area contributed by atoms with Crippen LogP contribution in [0.25, 0.3) is 0 Å². The molecule has 0 fully saturated rings. The number of fused-ring (bicyclic) bond motifs is 1. The fourth-order valence-electron chi connectivity index (χ4n) is 4.21. The Balaban J connectivity index is 1.93. The summed E-state index contributed by atoms with van der Waals surface area (Å²) in [6, 6.07) is 10.3. The Morgan fingerprint density at radius 3 is 2.64 bits per heavy atom. The van der Waals surface area contributed by atoms with E-state index >= 15 is 0 Å². The molecular formula is C27H36N4O5. The highest BCUT2D eigenvalue weighted by atomic mass is 16.5. The molecule has 0 spiro atoms. The molecule has 9 nitrogen and oxygen atoms in total. The van der Waals surface area contributed by atoms with Gasteiger partial charge in [0.25, 0.3) is 5.91 Å². The third kappa shape index (κ3) is 6.81. The molecule has 3 amide bonds. The van der Waals surface area contributed by atoms with Crippen LogP contribution in [0.4, 0.5) is 5.69 Å². The summed E-state index contributed by atoms with van der Waals surface area (Å²) >= 11 is 0. The van der Waals surface area contributed by atoms with Gasteiger partial charge in [0.05, 0.1) is 24.1 Å². The molecule has 1 aromatic heterocycles. The van der Waals surface area contributed by atoms with Crippen molar-refractivity contribution in [1.29, 1.82) is 0 Å². The number of aromatic nitrogens is 1. The molecule has 36 heavy (non-hydrogen) atoms. The quantitative estimate of drug-likeness (QED) is 0.683. The Bertz CT molecular complexity index is 1060. The standard InChI is InChI=1S/C27H36N4O5/c1-6-25(32)29-21-10-11-23-22(13-21)27(34)30(4)16-24(35-5)18(2)15-31(19(3)17-36-23)26(33)14-20-9-7-8-12-28-20/h7-13,18-19,24H,6,14-17H2,1-5H3,(H,29,32)/t18-,19+,24+/m0/s1. The van der Waals surface area contributed by atoms with Crippen molar-refractivity contribution in [2.24, 2.45) is 5.92 Å². The monoisotopic (exact) mass is 496 g/mol. The zero-order valence-electron chi connectivity index (χ0n) is 21.7. The molecule has 1 aliphatic heterocycles. The summed E-state index contributed by atoms with van der Waals surface area (Å²) in [7, 11) is 3.32. The Hall–Kier alpha value is -3.46. The van der Waals surface area contributed by atoms with Gasteiger partial charge in [0.1, 0.15) is 12.4 Å². The van der Waals surface area contributed by atoms with Gasteiger partial charge in [-0.2, -0.15) is 0 Å². The number of hydrogen-bond donors (Lipinski definition) is 1. The molecular weight excluding hydrogens is 460 g/mol. The maximum atomic E-state index is 13.4. The molecule has 3 atom stereocenters. The van der Waals surface area contributed by atoms with E-state index in [0.717, 1.165) is 0 Å². The molecule has 1 aliphatic rings. The van der Waals surface area contributed by atoms with Gasteiger partial charge in [-0.15, -0.1) is 0 Å². The van der Waals surface area contributed by atoms with E-state index in [2.05, 4.69) is 10.3 Å². The number of methoxy groups -OCH3 is 1. The topological polar surface area (TPSA) is 101 Å². The van der Waals surface area contributed by atoms with E-state index in [1.165, 1.54) is 0 Å². The van der Waals surface area contributed by atoms with E-state index < -0.39 is 0 Å². The van der Waals surface area contributed by atoms with Gasteiger partial charge >= 0.3 is 0 Å². The van der Waals surface area contributed by atoms with E-state index in [0.29, 0.717) is 42.2 Å². The van der Waals surface area contributed by atoms with Crippen molar-refractivity contribution in [2.75, 3.05) is 39.2 Å². The number of ether oxygens (including phenoxy) is 2. The number of amides is 3. The maximum Gasteiger partial charge on any atom is 0.257 e. The molecule has 2 aromatic rings. The van der Waals surface area contributed by atoms with Crippen molar-refractivity contribution in [3.63, 3.8) is 0 Å². The zero-order valence-corrected chi connectivity index (χ0v) is 21.7. The SMILES string of the molecule is CCC(=O)Nc1ccc2c(c1)C(=O)N(C)C[C@@H](OC)[C@@H](C)CN(C(=O)Cc1ccccn1)[C@H](C)CO2. The number of benzene rings is 1. The number of pyridine rings is 1. The minimum absolute atomic E-state index is 0.0468. The third-order valence-electron chi connectivity index (χ3n) is 6.43. The predicted octanol–water partition coefficient (Wildman–Crippen LogP) is 3.01. The van der Waals surface area contributed by atoms with Crippen LogP contribution < -0.4 is 10.1 Å². The first-order valence-corrected chi connectivity index (χ1v) is 12.3. The van der Waals surface area contributed by atoms with Crippen LogP contribution in [-0.2, 0) is 20.7 Å². The van der Waals surface area contributed by atoms with E-state index in [1.807, 2.05) is 36.9 Å². The van der Waals surface area contributed by atoms with E-state index in [4.69, 9.17) is 9.47 Å². The average Bonchev–Trinajstić information content (AvgIpc) is 2.88. The summed E-state index contributed by atoms with van der Waals surface area (Å²) in [5.41, 5.74) is 1.57. The highest BCUT2D eigenvalue weighted by molar-refractivity contribution is 5.99. The molecule has 3 rings (SSSR count). The molecule has 0 radical (unpaired) electrons. The summed E-state index contributed by atoms with van der Waals surface area (Å²) in [5.74, 6) is -0.0786. The number of anilines is 1. The average molecular weight is 497 g/mol. The summed E-state index contributed by atoms with van der Waals surface area (Å²) in [4.78, 5) is 46.3. The largest absolute Gasteiger partial charge is 0.491 e. The fourth-order valence-corrected chi connectivity index (χ4v) is 4.21. The summed E-state index contributed by atoms with van der Waals surface area (Å²) in [5, 5.41) is 2.80. The number of rotatable bonds is 5. The number of nitrogens with zero attached hydrogens (tertiary/aromatic N) is 3. The first kappa shape index (κ1) is 27.1.